The zero-order chi connectivity index (χ0) is 19.1. The minimum absolute atomic E-state index is 0.344. The molecule has 2 aromatic heterocycles. The van der Waals surface area contributed by atoms with Crippen LogP contribution in [0.2, 0.25) is 0 Å². The van der Waals surface area contributed by atoms with E-state index in [4.69, 9.17) is 0 Å². The zero-order valence-electron chi connectivity index (χ0n) is 14.0. The Kier molecular flexibility index (Phi) is 4.90. The van der Waals surface area contributed by atoms with Crippen LogP contribution in [0.3, 0.4) is 0 Å². The van der Waals surface area contributed by atoms with Gasteiger partial charge in [-0.3, -0.25) is 4.21 Å². The molecule has 0 fully saturated rings. The van der Waals surface area contributed by atoms with Crippen molar-refractivity contribution in [1.29, 1.82) is 0 Å². The highest BCUT2D eigenvalue weighted by atomic mass is 32.2. The van der Waals surface area contributed by atoms with Gasteiger partial charge in [0.15, 0.2) is 5.69 Å². The van der Waals surface area contributed by atoms with Crippen molar-refractivity contribution in [3.8, 4) is 21.0 Å². The van der Waals surface area contributed by atoms with Gasteiger partial charge in [0.2, 0.25) is 0 Å². The van der Waals surface area contributed by atoms with Gasteiger partial charge in [0, 0.05) is 32.5 Å². The number of alkyl halides is 3. The van der Waals surface area contributed by atoms with Gasteiger partial charge >= 0.3 is 6.18 Å². The molecule has 0 spiro atoms. The minimum Gasteiger partial charge on any atom is -0.255 e. The minimum atomic E-state index is -4.52. The Labute approximate surface area is 155 Å². The van der Waals surface area contributed by atoms with E-state index in [-0.39, 0.29) is 0 Å². The molecular formula is C18H15F3N2OS2. The molecule has 0 N–H and O–H groups in total. The molecular weight excluding hydrogens is 381 g/mol. The normalized spacial score (nSPS) is 13.0. The Bertz CT molecular complexity index is 1000. The summed E-state index contributed by atoms with van der Waals surface area (Å²) in [4.78, 5) is 2.22. The van der Waals surface area contributed by atoms with E-state index in [0.717, 1.165) is 16.5 Å². The van der Waals surface area contributed by atoms with Crippen LogP contribution >= 0.6 is 11.3 Å². The third kappa shape index (κ3) is 3.66. The smallest absolute Gasteiger partial charge is 0.255 e. The van der Waals surface area contributed by atoms with E-state index >= 15 is 0 Å². The van der Waals surface area contributed by atoms with Gasteiger partial charge in [-0.2, -0.15) is 18.3 Å². The largest absolute Gasteiger partial charge is 0.435 e. The molecule has 0 aliphatic rings. The molecule has 0 amide bonds. The summed E-state index contributed by atoms with van der Waals surface area (Å²) in [6, 6.07) is 11.9. The van der Waals surface area contributed by atoms with Crippen molar-refractivity contribution in [2.24, 2.45) is 0 Å². The lowest BCUT2D eigenvalue weighted by molar-refractivity contribution is -0.141. The highest BCUT2D eigenvalue weighted by molar-refractivity contribution is 7.84. The highest BCUT2D eigenvalue weighted by Gasteiger charge is 2.35. The molecule has 0 radical (unpaired) electrons. The summed E-state index contributed by atoms with van der Waals surface area (Å²) in [5, 5.41) is 3.64. The molecule has 1 atom stereocenters. The van der Waals surface area contributed by atoms with E-state index in [9.17, 15) is 17.4 Å². The van der Waals surface area contributed by atoms with Gasteiger partial charge in [-0.15, -0.1) is 11.3 Å². The summed E-state index contributed by atoms with van der Waals surface area (Å²) in [5.74, 6) is 0. The number of rotatable bonds is 4. The molecule has 3 nitrogen and oxygen atoms in total. The molecule has 136 valence electrons. The number of halogens is 3. The van der Waals surface area contributed by atoms with Gasteiger partial charge in [0.05, 0.1) is 10.6 Å². The van der Waals surface area contributed by atoms with Crippen LogP contribution in [0.1, 0.15) is 12.6 Å². The van der Waals surface area contributed by atoms with E-state index in [1.165, 1.54) is 16.0 Å². The van der Waals surface area contributed by atoms with Gasteiger partial charge in [0.1, 0.15) is 0 Å². The van der Waals surface area contributed by atoms with E-state index in [1.54, 1.807) is 25.3 Å². The Morgan fingerprint density at radius 1 is 1.19 bits per heavy atom. The predicted octanol–water partition coefficient (Wildman–Crippen LogP) is 5.53. The SMILES string of the molecule is C=C(C)n1nc(C(F)(F)F)cc1-c1ccc(-c2cccc(S(C)=O)c2)s1. The molecule has 2 heterocycles. The van der Waals surface area contributed by atoms with Gasteiger partial charge in [-0.05, 0) is 42.8 Å². The van der Waals surface area contributed by atoms with Crippen LogP contribution in [0.15, 0.2) is 53.9 Å². The number of nitrogens with zero attached hydrogens (tertiary/aromatic N) is 2. The first-order chi connectivity index (χ1) is 12.2. The second-order valence-electron chi connectivity index (χ2n) is 5.71. The first-order valence-electron chi connectivity index (χ1n) is 7.54. The lowest BCUT2D eigenvalue weighted by atomic mass is 10.2. The molecule has 8 heteroatoms. The third-order valence-electron chi connectivity index (χ3n) is 3.67. The second-order valence-corrected chi connectivity index (χ2v) is 8.17. The maximum atomic E-state index is 13.0. The lowest BCUT2D eigenvalue weighted by Crippen LogP contribution is -2.07. The average Bonchev–Trinajstić information content (AvgIpc) is 3.21. The first kappa shape index (κ1) is 18.6. The second kappa shape index (κ2) is 6.85. The number of benzene rings is 1. The Balaban J connectivity index is 2.05. The van der Waals surface area contributed by atoms with Gasteiger partial charge in [0.25, 0.3) is 0 Å². The molecule has 1 aromatic carbocycles. The fourth-order valence-electron chi connectivity index (χ4n) is 2.44. The Morgan fingerprint density at radius 2 is 1.88 bits per heavy atom. The summed E-state index contributed by atoms with van der Waals surface area (Å²) in [5.41, 5.74) is 0.658. The maximum absolute atomic E-state index is 13.0. The monoisotopic (exact) mass is 396 g/mol. The van der Waals surface area contributed by atoms with Crippen molar-refractivity contribution >= 4 is 27.8 Å². The quantitative estimate of drug-likeness (QED) is 0.582. The number of hydrogen-bond acceptors (Lipinski definition) is 3. The van der Waals surface area contributed by atoms with Crippen LogP contribution in [0, 0.1) is 0 Å². The van der Waals surface area contributed by atoms with Crippen LogP contribution in [0.4, 0.5) is 13.2 Å². The molecule has 0 bridgehead atoms. The number of thiophene rings is 1. The third-order valence-corrected chi connectivity index (χ3v) is 5.74. The van der Waals surface area contributed by atoms with Gasteiger partial charge in [-0.1, -0.05) is 18.7 Å². The summed E-state index contributed by atoms with van der Waals surface area (Å²) < 4.78 is 51.9. The van der Waals surface area contributed by atoms with Gasteiger partial charge in [-0.25, -0.2) is 4.68 Å². The summed E-state index contributed by atoms with van der Waals surface area (Å²) in [6.07, 6.45) is -2.92. The molecule has 0 saturated carbocycles. The lowest BCUT2D eigenvalue weighted by Gasteiger charge is -2.04. The van der Waals surface area contributed by atoms with Crippen molar-refractivity contribution in [1.82, 2.24) is 9.78 Å². The molecule has 1 unspecified atom stereocenters. The Hall–Kier alpha value is -2.19. The van der Waals surface area contributed by atoms with Crippen molar-refractivity contribution in [3.63, 3.8) is 0 Å². The molecule has 0 aliphatic heterocycles. The van der Waals surface area contributed by atoms with E-state index in [1.807, 2.05) is 24.3 Å². The summed E-state index contributed by atoms with van der Waals surface area (Å²) in [7, 11) is -1.10. The first-order valence-corrected chi connectivity index (χ1v) is 9.91. The van der Waals surface area contributed by atoms with Crippen LogP contribution < -0.4 is 0 Å². The summed E-state index contributed by atoms with van der Waals surface area (Å²) >= 11 is 1.35. The average molecular weight is 396 g/mol. The molecule has 3 rings (SSSR count). The molecule has 0 saturated heterocycles. The Morgan fingerprint density at radius 3 is 2.50 bits per heavy atom. The van der Waals surface area contributed by atoms with Crippen molar-refractivity contribution in [3.05, 3.63) is 54.7 Å². The van der Waals surface area contributed by atoms with Gasteiger partial charge < -0.3 is 0 Å². The predicted molar refractivity (Wildman–Crippen MR) is 99.3 cm³/mol. The highest BCUT2D eigenvalue weighted by Crippen LogP contribution is 2.38. The number of hydrogen-bond donors (Lipinski definition) is 0. The molecule has 0 aliphatic carbocycles. The van der Waals surface area contributed by atoms with Crippen LogP contribution in [0.5, 0.6) is 0 Å². The van der Waals surface area contributed by atoms with Crippen molar-refractivity contribution < 1.29 is 17.4 Å². The topological polar surface area (TPSA) is 34.9 Å². The number of allylic oxidation sites excluding steroid dienone is 1. The van der Waals surface area contributed by atoms with E-state index in [2.05, 4.69) is 11.7 Å². The standard InChI is InChI=1S/C18H15F3N2OS2/c1-11(2)23-14(10-17(22-23)18(19,20)21)16-8-7-15(25-16)12-5-4-6-13(9-12)26(3)24/h4-10H,1H2,2-3H3. The van der Waals surface area contributed by atoms with Crippen molar-refractivity contribution in [2.45, 2.75) is 18.0 Å². The van der Waals surface area contributed by atoms with E-state index < -0.39 is 22.7 Å². The number of aromatic nitrogens is 2. The summed E-state index contributed by atoms with van der Waals surface area (Å²) in [6.45, 7) is 5.31. The van der Waals surface area contributed by atoms with Crippen LogP contribution in [-0.2, 0) is 17.0 Å². The van der Waals surface area contributed by atoms with E-state index in [0.29, 0.717) is 21.2 Å². The molecule has 26 heavy (non-hydrogen) atoms. The zero-order valence-corrected chi connectivity index (χ0v) is 15.6. The van der Waals surface area contributed by atoms with Crippen LogP contribution in [-0.4, -0.2) is 20.2 Å². The molecule has 3 aromatic rings. The maximum Gasteiger partial charge on any atom is 0.435 e. The van der Waals surface area contributed by atoms with Crippen LogP contribution in [0.25, 0.3) is 26.7 Å². The fourth-order valence-corrected chi connectivity index (χ4v) is 4.01. The fraction of sp³-hybridized carbons (Fsp3) is 0.167. The van der Waals surface area contributed by atoms with Crippen molar-refractivity contribution in [2.75, 3.05) is 6.26 Å².